The Morgan fingerprint density at radius 2 is 1.60 bits per heavy atom. The van der Waals surface area contributed by atoms with Gasteiger partial charge >= 0.3 is 0 Å². The molecule has 0 bridgehead atoms. The van der Waals surface area contributed by atoms with Crippen LogP contribution in [-0.4, -0.2) is 89.7 Å². The number of benzene rings is 3. The van der Waals surface area contributed by atoms with Crippen molar-refractivity contribution in [3.05, 3.63) is 119 Å². The summed E-state index contributed by atoms with van der Waals surface area (Å²) in [6, 6.07) is 25.7. The fourth-order valence-corrected chi connectivity index (χ4v) is 9.64. The third kappa shape index (κ3) is 7.66. The number of carbonyl (C=O) groups is 2. The second kappa shape index (κ2) is 16.1. The van der Waals surface area contributed by atoms with Gasteiger partial charge in [-0.1, -0.05) is 45.0 Å². The van der Waals surface area contributed by atoms with Crippen molar-refractivity contribution in [2.24, 2.45) is 14.1 Å². The average molecular weight is 853 g/mol. The summed E-state index contributed by atoms with van der Waals surface area (Å²) in [6.07, 6.45) is 4.47. The molecule has 0 aliphatic carbocycles. The summed E-state index contributed by atoms with van der Waals surface area (Å²) >= 11 is 0. The van der Waals surface area contributed by atoms with Crippen molar-refractivity contribution in [2.45, 2.75) is 64.8 Å². The number of aromatic nitrogens is 3. The highest BCUT2D eigenvalue weighted by molar-refractivity contribution is 6.74. The van der Waals surface area contributed by atoms with Gasteiger partial charge in [0.1, 0.15) is 11.4 Å². The van der Waals surface area contributed by atoms with Gasteiger partial charge in [-0.2, -0.15) is 0 Å². The fourth-order valence-electron chi connectivity index (χ4n) is 8.61. The van der Waals surface area contributed by atoms with E-state index in [1.807, 2.05) is 102 Å². The summed E-state index contributed by atoms with van der Waals surface area (Å²) in [5.41, 5.74) is 7.65. The molecular weight excluding hydrogens is 797 g/mol. The summed E-state index contributed by atoms with van der Waals surface area (Å²) in [5, 5.41) is 0.946. The van der Waals surface area contributed by atoms with Gasteiger partial charge in [-0.3, -0.25) is 19.4 Å². The molecule has 12 nitrogen and oxygen atoms in total. The van der Waals surface area contributed by atoms with Gasteiger partial charge in [-0.15, -0.1) is 0 Å². The Kier molecular flexibility index (Phi) is 10.8. The van der Waals surface area contributed by atoms with Crippen molar-refractivity contribution in [1.29, 1.82) is 0 Å². The predicted octanol–water partition coefficient (Wildman–Crippen LogP) is 8.88. The number of pyridine rings is 1. The second-order valence-electron chi connectivity index (χ2n) is 18.3. The van der Waals surface area contributed by atoms with Crippen molar-refractivity contribution < 1.29 is 28.2 Å². The van der Waals surface area contributed by atoms with E-state index in [0.29, 0.717) is 65.0 Å². The minimum absolute atomic E-state index is 0.0270. The number of ether oxygens (including phenoxy) is 3. The maximum absolute atomic E-state index is 15.3. The lowest BCUT2D eigenvalue weighted by molar-refractivity contribution is 0.0193. The zero-order valence-corrected chi connectivity index (χ0v) is 38.0. The van der Waals surface area contributed by atoms with Crippen LogP contribution >= 0.6 is 0 Å². The van der Waals surface area contributed by atoms with E-state index < -0.39 is 8.32 Å². The normalized spacial score (nSPS) is 16.7. The molecular formula is C49H56N6O6Si. The summed E-state index contributed by atoms with van der Waals surface area (Å²) < 4.78 is 28.0. The largest absolute Gasteiger partial charge is 0.544 e. The average Bonchev–Trinajstić information content (AvgIpc) is 3.96. The summed E-state index contributed by atoms with van der Waals surface area (Å²) in [7, 11) is 1.79. The second-order valence-corrected chi connectivity index (χ2v) is 23.1. The molecule has 0 N–H and O–H groups in total. The Morgan fingerprint density at radius 3 is 2.32 bits per heavy atom. The number of amides is 2. The number of anilines is 2. The van der Waals surface area contributed by atoms with Crippen LogP contribution in [-0.2, 0) is 31.8 Å². The van der Waals surface area contributed by atoms with Crippen LogP contribution in [0.15, 0.2) is 91.3 Å². The third-order valence-electron chi connectivity index (χ3n) is 13.4. The maximum Gasteiger partial charge on any atom is 0.264 e. The Bertz CT molecular complexity index is 2670. The molecule has 1 atom stereocenters. The van der Waals surface area contributed by atoms with E-state index in [9.17, 15) is 0 Å². The van der Waals surface area contributed by atoms with Crippen LogP contribution in [0.25, 0.3) is 22.3 Å². The molecule has 9 rings (SSSR count). The number of carbonyl (C=O) groups excluding carboxylic acids is 2. The molecule has 6 aromatic rings. The molecule has 1 fully saturated rings. The van der Waals surface area contributed by atoms with Crippen LogP contribution in [0.5, 0.6) is 17.2 Å². The monoisotopic (exact) mass is 852 g/mol. The van der Waals surface area contributed by atoms with Crippen molar-refractivity contribution in [3.63, 3.8) is 0 Å². The molecule has 3 aliphatic heterocycles. The molecule has 0 saturated carbocycles. The van der Waals surface area contributed by atoms with E-state index in [1.54, 1.807) is 11.1 Å². The molecule has 2 amide bonds. The van der Waals surface area contributed by atoms with E-state index in [0.717, 1.165) is 54.1 Å². The van der Waals surface area contributed by atoms with Crippen LogP contribution in [0, 0.1) is 6.92 Å². The van der Waals surface area contributed by atoms with Gasteiger partial charge in [-0.25, -0.2) is 4.98 Å². The lowest BCUT2D eigenvalue weighted by atomic mass is 9.92. The van der Waals surface area contributed by atoms with Crippen molar-refractivity contribution in [2.75, 3.05) is 44.5 Å². The van der Waals surface area contributed by atoms with Crippen LogP contribution < -0.4 is 18.8 Å². The van der Waals surface area contributed by atoms with Gasteiger partial charge in [0.25, 0.3) is 11.8 Å². The maximum atomic E-state index is 15.3. The van der Waals surface area contributed by atoms with Crippen molar-refractivity contribution in [1.82, 2.24) is 23.9 Å². The molecule has 0 unspecified atom stereocenters. The molecule has 13 heteroatoms. The zero-order valence-electron chi connectivity index (χ0n) is 37.0. The van der Waals surface area contributed by atoms with E-state index in [2.05, 4.69) is 57.0 Å². The Labute approximate surface area is 364 Å². The lowest BCUT2D eigenvalue weighted by Crippen LogP contribution is -2.52. The van der Waals surface area contributed by atoms with Crippen LogP contribution in [0.1, 0.15) is 58.3 Å². The van der Waals surface area contributed by atoms with Gasteiger partial charge in [0.15, 0.2) is 11.5 Å². The standard InChI is InChI=1S/C49H56N6O6Si/c1-32-40(48(57)55(37-24-34-17-18-51(5)46(34)50-28-37)36-13-15-39(16-14-36)61-62(7,8)49(2,3)4)25-43(52(32)6)41-26-44-45(60-31-59-44)27-42(41)47(56)54-29-35-12-10-9-11-33(35)23-38(54)30-53-19-21-58-22-20-53/h9-18,24-28,38H,19-23,29-31H2,1-8H3/t38-/m0/s1. The third-order valence-corrected chi connectivity index (χ3v) is 17.8. The molecule has 62 heavy (non-hydrogen) atoms. The van der Waals surface area contributed by atoms with Gasteiger partial charge in [-0.05, 0) is 97.2 Å². The first-order valence-corrected chi connectivity index (χ1v) is 24.4. The molecule has 3 aromatic heterocycles. The topological polar surface area (TPSA) is 104 Å². The van der Waals surface area contributed by atoms with Gasteiger partial charge in [0.05, 0.1) is 36.2 Å². The molecule has 0 spiro atoms. The van der Waals surface area contributed by atoms with Crippen molar-refractivity contribution in [3.8, 4) is 28.5 Å². The highest BCUT2D eigenvalue weighted by Gasteiger charge is 2.39. The van der Waals surface area contributed by atoms with E-state index in [4.69, 9.17) is 23.6 Å². The summed E-state index contributed by atoms with van der Waals surface area (Å²) in [5.74, 6) is 1.53. The van der Waals surface area contributed by atoms with E-state index in [-0.39, 0.29) is 29.7 Å². The molecule has 322 valence electrons. The Morgan fingerprint density at radius 1 is 0.887 bits per heavy atom. The van der Waals surface area contributed by atoms with E-state index >= 15 is 9.59 Å². The van der Waals surface area contributed by atoms with Crippen LogP contribution in [0.3, 0.4) is 0 Å². The minimum atomic E-state index is -2.11. The number of fused-ring (bicyclic) bond motifs is 3. The van der Waals surface area contributed by atoms with E-state index in [1.165, 1.54) is 5.56 Å². The smallest absolute Gasteiger partial charge is 0.264 e. The number of rotatable bonds is 9. The SMILES string of the molecule is Cc1c(C(=O)N(c2ccc(O[Si](C)(C)C(C)(C)C)cc2)c2cnc3c(ccn3C)c2)cc(-c2cc3c(cc2C(=O)N2Cc4ccccc4C[C@H]2CN2CCOCC2)OCO3)n1C. The highest BCUT2D eigenvalue weighted by atomic mass is 28.4. The van der Waals surface area contributed by atoms with Gasteiger partial charge < -0.3 is 32.7 Å². The first kappa shape index (κ1) is 41.5. The summed E-state index contributed by atoms with van der Waals surface area (Å²) in [6.45, 7) is 17.4. The number of hydrogen-bond donors (Lipinski definition) is 0. The first-order valence-electron chi connectivity index (χ1n) is 21.5. The lowest BCUT2D eigenvalue weighted by Gasteiger charge is -2.40. The molecule has 3 aliphatic rings. The molecule has 3 aromatic carbocycles. The number of aryl methyl sites for hydroxylation is 1. The van der Waals surface area contributed by atoms with Crippen molar-refractivity contribution >= 4 is 42.5 Å². The Balaban J connectivity index is 1.11. The molecule has 0 radical (unpaired) electrons. The van der Waals surface area contributed by atoms with Gasteiger partial charge in [0, 0.05) is 80.5 Å². The van der Waals surface area contributed by atoms with Crippen LogP contribution in [0.4, 0.5) is 11.4 Å². The number of hydrogen-bond acceptors (Lipinski definition) is 8. The predicted molar refractivity (Wildman–Crippen MR) is 244 cm³/mol. The van der Waals surface area contributed by atoms with Crippen LogP contribution in [0.2, 0.25) is 18.1 Å². The van der Waals surface area contributed by atoms with Gasteiger partial charge in [0.2, 0.25) is 15.1 Å². The minimum Gasteiger partial charge on any atom is -0.544 e. The highest BCUT2D eigenvalue weighted by Crippen LogP contribution is 2.43. The zero-order chi connectivity index (χ0) is 43.5. The number of morpholine rings is 1. The fraction of sp³-hybridized carbons (Fsp3) is 0.367. The Hall–Kier alpha value is -5.89. The summed E-state index contributed by atoms with van der Waals surface area (Å²) in [4.78, 5) is 41.4. The molecule has 6 heterocycles. The molecule has 1 saturated heterocycles. The number of nitrogens with zero attached hydrogens (tertiary/aromatic N) is 6. The quantitative estimate of drug-likeness (QED) is 0.133. The first-order chi connectivity index (χ1) is 29.7.